The highest BCUT2D eigenvalue weighted by Crippen LogP contribution is 2.40. The summed E-state index contributed by atoms with van der Waals surface area (Å²) in [6, 6.07) is 9.54. The molecule has 37 heavy (non-hydrogen) atoms. The Kier molecular flexibility index (Phi) is 8.85. The number of ether oxygens (including phenoxy) is 4. The van der Waals surface area contributed by atoms with Crippen LogP contribution in [0.5, 0.6) is 17.2 Å². The van der Waals surface area contributed by atoms with Gasteiger partial charge in [0.15, 0.2) is 15.0 Å². The molecule has 2 aromatic carbocycles. The number of thiazole rings is 1. The molecule has 0 bridgehead atoms. The molecule has 0 N–H and O–H groups in total. The summed E-state index contributed by atoms with van der Waals surface area (Å²) in [5.74, 6) is 0.458. The summed E-state index contributed by atoms with van der Waals surface area (Å²) >= 11 is 1.27. The summed E-state index contributed by atoms with van der Waals surface area (Å²) in [7, 11) is 0.730. The lowest BCUT2D eigenvalue weighted by Gasteiger charge is -2.27. The Bertz CT molecular complexity index is 1280. The fraction of sp³-hybridized carbons (Fsp3) is 0.440. The Morgan fingerprint density at radius 3 is 2.35 bits per heavy atom. The molecular weight excluding hydrogens is 518 g/mol. The molecule has 0 unspecified atom stereocenters. The first kappa shape index (κ1) is 27.1. The quantitative estimate of drug-likeness (QED) is 0.357. The van der Waals surface area contributed by atoms with Gasteiger partial charge in [0.05, 0.1) is 39.4 Å². The molecule has 1 fully saturated rings. The van der Waals surface area contributed by atoms with Crippen molar-refractivity contribution in [3.63, 3.8) is 0 Å². The molecule has 10 nitrogen and oxygen atoms in total. The third-order valence-corrected chi connectivity index (χ3v) is 8.83. The number of carbonyl (C=O) groups excluding carboxylic acids is 1. The summed E-state index contributed by atoms with van der Waals surface area (Å²) in [6.45, 7) is 4.10. The molecule has 1 saturated heterocycles. The van der Waals surface area contributed by atoms with Crippen molar-refractivity contribution in [2.45, 2.75) is 11.3 Å². The van der Waals surface area contributed by atoms with Crippen molar-refractivity contribution in [2.24, 2.45) is 0 Å². The monoisotopic (exact) mass is 549 g/mol. The third-order valence-electron chi connectivity index (χ3n) is 6.12. The molecule has 1 aromatic heterocycles. The summed E-state index contributed by atoms with van der Waals surface area (Å²) in [4.78, 5) is 22.0. The lowest BCUT2D eigenvalue weighted by molar-refractivity contribution is -0.116. The minimum absolute atomic E-state index is 0.0579. The predicted molar refractivity (Wildman–Crippen MR) is 142 cm³/mol. The van der Waals surface area contributed by atoms with Crippen molar-refractivity contribution in [3.8, 4) is 17.2 Å². The number of methoxy groups -OCH3 is 3. The molecule has 3 aromatic rings. The van der Waals surface area contributed by atoms with E-state index in [9.17, 15) is 13.2 Å². The van der Waals surface area contributed by atoms with Crippen LogP contribution in [-0.4, -0.2) is 90.7 Å². The number of hydrogen-bond donors (Lipinski definition) is 0. The number of nitrogens with zero attached hydrogens (tertiary/aromatic N) is 3. The second kappa shape index (κ2) is 12.1. The number of anilines is 1. The molecule has 0 spiro atoms. The average Bonchev–Trinajstić information content (AvgIpc) is 3.36. The summed E-state index contributed by atoms with van der Waals surface area (Å²) in [5, 5.41) is 0.398. The zero-order valence-electron chi connectivity index (χ0n) is 21.1. The van der Waals surface area contributed by atoms with Gasteiger partial charge in [0.25, 0.3) is 0 Å². The first-order valence-electron chi connectivity index (χ1n) is 11.8. The Hall–Kier alpha value is -2.93. The van der Waals surface area contributed by atoms with Gasteiger partial charge < -0.3 is 18.9 Å². The number of aromatic nitrogens is 1. The molecule has 12 heteroatoms. The summed E-state index contributed by atoms with van der Waals surface area (Å²) in [6.07, 6.45) is 0.651. The number of rotatable bonds is 11. The lowest BCUT2D eigenvalue weighted by Crippen LogP contribution is -2.40. The topological polar surface area (TPSA) is 108 Å². The minimum Gasteiger partial charge on any atom is -0.497 e. The molecular formula is C25H31N3O7S2. The van der Waals surface area contributed by atoms with Crippen LogP contribution in [0.15, 0.2) is 41.3 Å². The largest absolute Gasteiger partial charge is 0.497 e. The fourth-order valence-corrected chi connectivity index (χ4v) is 6.42. The van der Waals surface area contributed by atoms with E-state index in [1.165, 1.54) is 35.5 Å². The van der Waals surface area contributed by atoms with E-state index < -0.39 is 21.5 Å². The molecule has 0 atom stereocenters. The van der Waals surface area contributed by atoms with E-state index >= 15 is 0 Å². The maximum atomic E-state index is 13.5. The van der Waals surface area contributed by atoms with Crippen LogP contribution in [0.4, 0.5) is 5.13 Å². The van der Waals surface area contributed by atoms with E-state index in [-0.39, 0.29) is 4.90 Å². The fourth-order valence-electron chi connectivity index (χ4n) is 4.10. The van der Waals surface area contributed by atoms with Gasteiger partial charge in [-0.05, 0) is 42.8 Å². The Balaban J connectivity index is 1.61. The van der Waals surface area contributed by atoms with Crippen LogP contribution in [0.25, 0.3) is 10.2 Å². The first-order chi connectivity index (χ1) is 17.9. The predicted octanol–water partition coefficient (Wildman–Crippen LogP) is 2.85. The van der Waals surface area contributed by atoms with Crippen LogP contribution in [-0.2, 0) is 19.4 Å². The number of carbonyl (C=O) groups is 1. The van der Waals surface area contributed by atoms with Gasteiger partial charge in [-0.3, -0.25) is 14.6 Å². The number of benzene rings is 2. The number of amides is 1. The van der Waals surface area contributed by atoms with E-state index in [1.54, 1.807) is 38.5 Å². The van der Waals surface area contributed by atoms with E-state index in [1.807, 2.05) is 0 Å². The van der Waals surface area contributed by atoms with E-state index in [0.29, 0.717) is 54.1 Å². The van der Waals surface area contributed by atoms with Crippen molar-refractivity contribution in [1.29, 1.82) is 0 Å². The molecule has 200 valence electrons. The van der Waals surface area contributed by atoms with Gasteiger partial charge in [-0.2, -0.15) is 0 Å². The number of sulfone groups is 1. The normalized spacial score (nSPS) is 14.5. The average molecular weight is 550 g/mol. The zero-order valence-corrected chi connectivity index (χ0v) is 22.8. The van der Waals surface area contributed by atoms with Crippen LogP contribution >= 0.6 is 11.3 Å². The Morgan fingerprint density at radius 2 is 1.70 bits per heavy atom. The second-order valence-corrected chi connectivity index (χ2v) is 11.4. The number of fused-ring (bicyclic) bond motifs is 1. The van der Waals surface area contributed by atoms with Gasteiger partial charge in [0.2, 0.25) is 5.91 Å². The van der Waals surface area contributed by atoms with Gasteiger partial charge in [-0.15, -0.1) is 0 Å². The van der Waals surface area contributed by atoms with Crippen molar-refractivity contribution >= 4 is 42.4 Å². The lowest BCUT2D eigenvalue weighted by atomic mass is 10.3. The minimum atomic E-state index is -3.88. The molecule has 0 radical (unpaired) electrons. The van der Waals surface area contributed by atoms with Crippen molar-refractivity contribution < 1.29 is 32.2 Å². The van der Waals surface area contributed by atoms with Gasteiger partial charge >= 0.3 is 0 Å². The van der Waals surface area contributed by atoms with Gasteiger partial charge in [-0.25, -0.2) is 13.4 Å². The van der Waals surface area contributed by atoms with Gasteiger partial charge in [-0.1, -0.05) is 11.3 Å². The van der Waals surface area contributed by atoms with Crippen molar-refractivity contribution in [2.75, 3.05) is 71.4 Å². The molecule has 1 amide bonds. The maximum Gasteiger partial charge on any atom is 0.244 e. The molecule has 2 heterocycles. The molecule has 0 saturated carbocycles. The first-order valence-corrected chi connectivity index (χ1v) is 14.3. The maximum absolute atomic E-state index is 13.5. The van der Waals surface area contributed by atoms with E-state index in [0.717, 1.165) is 24.3 Å². The van der Waals surface area contributed by atoms with Crippen molar-refractivity contribution in [1.82, 2.24) is 9.88 Å². The third kappa shape index (κ3) is 6.32. The van der Waals surface area contributed by atoms with Gasteiger partial charge in [0, 0.05) is 26.2 Å². The highest BCUT2D eigenvalue weighted by atomic mass is 32.2. The molecule has 0 aliphatic carbocycles. The van der Waals surface area contributed by atoms with Crippen LogP contribution < -0.4 is 19.1 Å². The van der Waals surface area contributed by atoms with Crippen LogP contribution in [0.3, 0.4) is 0 Å². The van der Waals surface area contributed by atoms with Crippen LogP contribution in [0, 0.1) is 0 Å². The summed E-state index contributed by atoms with van der Waals surface area (Å²) < 4.78 is 48.4. The number of hydrogen-bond acceptors (Lipinski definition) is 10. The summed E-state index contributed by atoms with van der Waals surface area (Å²) in [5.41, 5.74) is 0.561. The second-order valence-electron chi connectivity index (χ2n) is 8.43. The standard InChI is InChI=1S/C25H31N3O7S2/c1-32-18-5-7-19(8-6-18)37(30,31)17-22(29)28(12-4-11-27-13-15-35-16-14-27)25-26-23-20(33-2)9-10-21(34-3)24(23)36-25/h5-10H,4,11-17H2,1-3H3. The van der Waals surface area contributed by atoms with Crippen molar-refractivity contribution in [3.05, 3.63) is 36.4 Å². The highest BCUT2D eigenvalue weighted by Gasteiger charge is 2.28. The van der Waals surface area contributed by atoms with Crippen LogP contribution in [0.2, 0.25) is 0 Å². The van der Waals surface area contributed by atoms with E-state index in [4.69, 9.17) is 18.9 Å². The SMILES string of the molecule is COc1ccc(S(=O)(=O)CC(=O)N(CCCN2CCOCC2)c2nc3c(OC)ccc(OC)c3s2)cc1. The Morgan fingerprint density at radius 1 is 1.03 bits per heavy atom. The zero-order chi connectivity index (χ0) is 26.4. The Labute approximate surface area is 220 Å². The highest BCUT2D eigenvalue weighted by molar-refractivity contribution is 7.92. The molecule has 1 aliphatic heterocycles. The molecule has 4 rings (SSSR count). The van der Waals surface area contributed by atoms with Gasteiger partial charge in [0.1, 0.15) is 33.2 Å². The smallest absolute Gasteiger partial charge is 0.244 e. The van der Waals surface area contributed by atoms with Crippen LogP contribution in [0.1, 0.15) is 6.42 Å². The number of morpholine rings is 1. The molecule has 1 aliphatic rings. The van der Waals surface area contributed by atoms with E-state index in [2.05, 4.69) is 9.88 Å².